The van der Waals surface area contributed by atoms with Crippen molar-refractivity contribution in [3.8, 4) is 0 Å². The third-order valence-electron chi connectivity index (χ3n) is 3.92. The summed E-state index contributed by atoms with van der Waals surface area (Å²) >= 11 is 0. The van der Waals surface area contributed by atoms with Crippen LogP contribution >= 0.6 is 0 Å². The van der Waals surface area contributed by atoms with E-state index in [1.54, 1.807) is 0 Å². The van der Waals surface area contributed by atoms with Gasteiger partial charge in [-0.05, 0) is 48.8 Å². The summed E-state index contributed by atoms with van der Waals surface area (Å²) in [5.41, 5.74) is 2.15. The number of carbonyl (C=O) groups is 1. The van der Waals surface area contributed by atoms with Crippen LogP contribution < -0.4 is 0 Å². The second kappa shape index (κ2) is 6.23. The lowest BCUT2D eigenvalue weighted by Gasteiger charge is -2.30. The number of amides is 1. The van der Waals surface area contributed by atoms with Crippen LogP contribution in [-0.2, 0) is 6.42 Å². The number of likely N-dealkylation sites (tertiary alicyclic amines) is 1. The van der Waals surface area contributed by atoms with E-state index in [0.717, 1.165) is 43.8 Å². The lowest BCUT2D eigenvalue weighted by atomic mass is 9.98. The molecule has 19 heavy (non-hydrogen) atoms. The third kappa shape index (κ3) is 3.82. The maximum absolute atomic E-state index is 12.4. The summed E-state index contributed by atoms with van der Waals surface area (Å²) in [6, 6.07) is 8.16. The molecule has 0 bridgehead atoms. The van der Waals surface area contributed by atoms with Crippen LogP contribution in [0, 0.1) is 11.8 Å². The quantitative estimate of drug-likeness (QED) is 0.809. The molecule has 1 aliphatic heterocycles. The van der Waals surface area contributed by atoms with E-state index in [2.05, 4.69) is 32.9 Å². The maximum Gasteiger partial charge on any atom is 0.253 e. The molecule has 2 rings (SSSR count). The van der Waals surface area contributed by atoms with Crippen molar-refractivity contribution < 1.29 is 4.79 Å². The molecule has 2 nitrogen and oxygen atoms in total. The Morgan fingerprint density at radius 1 is 1.21 bits per heavy atom. The Morgan fingerprint density at radius 3 is 2.32 bits per heavy atom. The highest BCUT2D eigenvalue weighted by atomic mass is 16.2. The molecule has 0 atom stereocenters. The normalized spacial score (nSPS) is 16.9. The molecule has 2 heteroatoms. The van der Waals surface area contributed by atoms with Crippen LogP contribution in [0.1, 0.15) is 49.5 Å². The Kier molecular flexibility index (Phi) is 4.62. The maximum atomic E-state index is 12.4. The van der Waals surface area contributed by atoms with E-state index in [1.165, 1.54) is 5.56 Å². The fraction of sp³-hybridized carbons (Fsp3) is 0.588. The molecule has 1 heterocycles. The topological polar surface area (TPSA) is 20.3 Å². The van der Waals surface area contributed by atoms with E-state index in [0.29, 0.717) is 5.92 Å². The van der Waals surface area contributed by atoms with E-state index in [-0.39, 0.29) is 5.91 Å². The fourth-order valence-corrected chi connectivity index (χ4v) is 2.65. The molecule has 0 aliphatic carbocycles. The van der Waals surface area contributed by atoms with Gasteiger partial charge in [0.25, 0.3) is 5.91 Å². The summed E-state index contributed by atoms with van der Waals surface area (Å²) in [5, 5.41) is 0. The largest absolute Gasteiger partial charge is 0.339 e. The zero-order valence-corrected chi connectivity index (χ0v) is 12.4. The van der Waals surface area contributed by atoms with Gasteiger partial charge in [-0.1, -0.05) is 32.9 Å². The molecule has 1 aromatic carbocycles. The molecule has 0 aromatic heterocycles. The number of rotatable bonds is 3. The van der Waals surface area contributed by atoms with Gasteiger partial charge in [0.2, 0.25) is 0 Å². The Balaban J connectivity index is 1.99. The van der Waals surface area contributed by atoms with E-state index < -0.39 is 0 Å². The molecular weight excluding hydrogens is 234 g/mol. The van der Waals surface area contributed by atoms with E-state index in [1.807, 2.05) is 17.0 Å². The zero-order chi connectivity index (χ0) is 13.8. The number of benzene rings is 1. The predicted molar refractivity (Wildman–Crippen MR) is 79.3 cm³/mol. The van der Waals surface area contributed by atoms with E-state index in [9.17, 15) is 4.79 Å². The highest BCUT2D eigenvalue weighted by Gasteiger charge is 2.21. The minimum Gasteiger partial charge on any atom is -0.339 e. The van der Waals surface area contributed by atoms with Crippen molar-refractivity contribution in [1.29, 1.82) is 0 Å². The summed E-state index contributed by atoms with van der Waals surface area (Å²) in [7, 11) is 0. The third-order valence-corrected chi connectivity index (χ3v) is 3.92. The van der Waals surface area contributed by atoms with Gasteiger partial charge < -0.3 is 4.90 Å². The molecule has 0 spiro atoms. The van der Waals surface area contributed by atoms with Gasteiger partial charge in [0, 0.05) is 18.7 Å². The highest BCUT2D eigenvalue weighted by Crippen LogP contribution is 2.18. The lowest BCUT2D eigenvalue weighted by molar-refractivity contribution is 0.0697. The van der Waals surface area contributed by atoms with Crippen molar-refractivity contribution in [2.75, 3.05) is 13.1 Å². The highest BCUT2D eigenvalue weighted by molar-refractivity contribution is 5.94. The van der Waals surface area contributed by atoms with Gasteiger partial charge in [0.15, 0.2) is 0 Å². The summed E-state index contributed by atoms with van der Waals surface area (Å²) in [5.74, 6) is 1.62. The Bertz CT molecular complexity index is 413. The standard InChI is InChI=1S/C17H25NO/c1-13(2)12-15-4-6-16(7-5-15)17(19)18-10-8-14(3)9-11-18/h4-7,13-14H,8-12H2,1-3H3. The number of piperidine rings is 1. The Hall–Kier alpha value is -1.31. The van der Waals surface area contributed by atoms with Gasteiger partial charge in [-0.25, -0.2) is 0 Å². The van der Waals surface area contributed by atoms with E-state index in [4.69, 9.17) is 0 Å². The van der Waals surface area contributed by atoms with Crippen LogP contribution in [0.4, 0.5) is 0 Å². The first kappa shape index (κ1) is 14.1. The number of hydrogen-bond acceptors (Lipinski definition) is 1. The molecular formula is C17H25NO. The van der Waals surface area contributed by atoms with Crippen LogP contribution in [0.15, 0.2) is 24.3 Å². The van der Waals surface area contributed by atoms with Gasteiger partial charge in [-0.15, -0.1) is 0 Å². The van der Waals surface area contributed by atoms with Crippen LogP contribution in [0.3, 0.4) is 0 Å². The zero-order valence-electron chi connectivity index (χ0n) is 12.4. The Morgan fingerprint density at radius 2 is 1.79 bits per heavy atom. The fourth-order valence-electron chi connectivity index (χ4n) is 2.65. The van der Waals surface area contributed by atoms with Crippen molar-refractivity contribution in [2.24, 2.45) is 11.8 Å². The van der Waals surface area contributed by atoms with Gasteiger partial charge in [-0.3, -0.25) is 4.79 Å². The second-order valence-corrected chi connectivity index (χ2v) is 6.27. The van der Waals surface area contributed by atoms with Crippen LogP contribution in [0.2, 0.25) is 0 Å². The minimum atomic E-state index is 0.197. The summed E-state index contributed by atoms with van der Waals surface area (Å²) < 4.78 is 0. The average Bonchev–Trinajstić information content (AvgIpc) is 2.39. The molecule has 0 unspecified atom stereocenters. The number of carbonyl (C=O) groups excluding carboxylic acids is 1. The monoisotopic (exact) mass is 259 g/mol. The van der Waals surface area contributed by atoms with Gasteiger partial charge in [-0.2, -0.15) is 0 Å². The van der Waals surface area contributed by atoms with Gasteiger partial charge in [0.1, 0.15) is 0 Å². The molecule has 0 saturated carbocycles. The van der Waals surface area contributed by atoms with Gasteiger partial charge in [0.05, 0.1) is 0 Å². The number of nitrogens with zero attached hydrogens (tertiary/aromatic N) is 1. The first-order valence-electron chi connectivity index (χ1n) is 7.44. The first-order chi connectivity index (χ1) is 9.06. The van der Waals surface area contributed by atoms with Crippen LogP contribution in [-0.4, -0.2) is 23.9 Å². The first-order valence-corrected chi connectivity index (χ1v) is 7.44. The molecule has 0 radical (unpaired) electrons. The summed E-state index contributed by atoms with van der Waals surface area (Å²) in [4.78, 5) is 14.4. The van der Waals surface area contributed by atoms with Gasteiger partial charge >= 0.3 is 0 Å². The average molecular weight is 259 g/mol. The minimum absolute atomic E-state index is 0.197. The van der Waals surface area contributed by atoms with Crippen molar-refractivity contribution in [3.63, 3.8) is 0 Å². The van der Waals surface area contributed by atoms with Crippen molar-refractivity contribution in [2.45, 2.75) is 40.0 Å². The molecule has 1 amide bonds. The molecule has 104 valence electrons. The smallest absolute Gasteiger partial charge is 0.253 e. The van der Waals surface area contributed by atoms with Crippen molar-refractivity contribution in [1.82, 2.24) is 4.90 Å². The summed E-state index contributed by atoms with van der Waals surface area (Å²) in [6.07, 6.45) is 3.35. The Labute approximate surface area is 116 Å². The van der Waals surface area contributed by atoms with Crippen LogP contribution in [0.5, 0.6) is 0 Å². The van der Waals surface area contributed by atoms with E-state index >= 15 is 0 Å². The lowest BCUT2D eigenvalue weighted by Crippen LogP contribution is -2.37. The number of hydrogen-bond donors (Lipinski definition) is 0. The molecule has 1 aromatic rings. The van der Waals surface area contributed by atoms with Crippen molar-refractivity contribution >= 4 is 5.91 Å². The SMILES string of the molecule is CC(C)Cc1ccc(C(=O)N2CCC(C)CC2)cc1. The van der Waals surface area contributed by atoms with Crippen LogP contribution in [0.25, 0.3) is 0 Å². The second-order valence-electron chi connectivity index (χ2n) is 6.27. The molecule has 1 fully saturated rings. The van der Waals surface area contributed by atoms with Crippen molar-refractivity contribution in [3.05, 3.63) is 35.4 Å². The predicted octanol–water partition coefficient (Wildman–Crippen LogP) is 3.76. The molecule has 0 N–H and O–H groups in total. The molecule has 1 saturated heterocycles. The summed E-state index contributed by atoms with van der Waals surface area (Å²) in [6.45, 7) is 8.52. The molecule has 1 aliphatic rings.